The maximum Gasteiger partial charge on any atom is 0.330 e. The minimum Gasteiger partial charge on any atom is -0.383 e. The molecule has 1 aromatic heterocycles. The van der Waals surface area contributed by atoms with Crippen LogP contribution >= 0.6 is 11.8 Å². The number of aromatic amines is 1. The highest BCUT2D eigenvalue weighted by Gasteiger charge is 2.25. The molecule has 0 aliphatic heterocycles. The zero-order chi connectivity index (χ0) is 21.7. The lowest BCUT2D eigenvalue weighted by molar-refractivity contribution is -0.116. The van der Waals surface area contributed by atoms with Crippen LogP contribution in [0.5, 0.6) is 0 Å². The molecule has 0 spiro atoms. The zero-order valence-electron chi connectivity index (χ0n) is 17.1. The van der Waals surface area contributed by atoms with Gasteiger partial charge in [0.1, 0.15) is 11.6 Å². The van der Waals surface area contributed by atoms with Gasteiger partial charge in [0.25, 0.3) is 5.56 Å². The molecule has 0 atom stereocenters. The summed E-state index contributed by atoms with van der Waals surface area (Å²) in [4.78, 5) is 42.1. The summed E-state index contributed by atoms with van der Waals surface area (Å²) < 4.78 is 14.4. The number of hydrogen-bond acceptors (Lipinski definition) is 5. The molecular weight excluding hydrogens is 395 g/mol. The molecule has 0 saturated carbocycles. The lowest BCUT2D eigenvalue weighted by atomic mass is 10.2. The van der Waals surface area contributed by atoms with Crippen molar-refractivity contribution in [2.75, 3.05) is 22.9 Å². The van der Waals surface area contributed by atoms with Crippen LogP contribution < -0.4 is 21.9 Å². The first kappa shape index (κ1) is 22.7. The summed E-state index contributed by atoms with van der Waals surface area (Å²) in [6, 6.07) is 5.82. The largest absolute Gasteiger partial charge is 0.383 e. The van der Waals surface area contributed by atoms with Crippen LogP contribution in [-0.2, 0) is 11.3 Å². The highest BCUT2D eigenvalue weighted by molar-refractivity contribution is 8.00. The van der Waals surface area contributed by atoms with E-state index in [0.29, 0.717) is 6.54 Å². The van der Waals surface area contributed by atoms with Gasteiger partial charge < -0.3 is 10.6 Å². The predicted molar refractivity (Wildman–Crippen MR) is 115 cm³/mol. The normalized spacial score (nSPS) is 11.3. The van der Waals surface area contributed by atoms with Crippen molar-refractivity contribution in [3.8, 4) is 0 Å². The third-order valence-electron chi connectivity index (χ3n) is 4.06. The number of nitrogens with zero attached hydrogens (tertiary/aromatic N) is 2. The van der Waals surface area contributed by atoms with Gasteiger partial charge in [-0.05, 0) is 36.1 Å². The first-order chi connectivity index (χ1) is 13.6. The summed E-state index contributed by atoms with van der Waals surface area (Å²) in [6.07, 6.45) is 0. The number of thioether (sulfide) groups is 1. The number of aromatic nitrogens is 2. The SMILES string of the molecule is CC(C)CN(C(=O)CSc1ccc(F)cc1)c1c(N)n(CC(C)C)c(=O)[nH]c1=O. The van der Waals surface area contributed by atoms with Gasteiger partial charge in [-0.1, -0.05) is 27.7 Å². The zero-order valence-corrected chi connectivity index (χ0v) is 17.9. The van der Waals surface area contributed by atoms with Crippen molar-refractivity contribution in [1.82, 2.24) is 9.55 Å². The number of carbonyl (C=O) groups excluding carboxylic acids is 1. The number of nitrogens with two attached hydrogens (primary N) is 1. The monoisotopic (exact) mass is 422 g/mol. The molecule has 9 heteroatoms. The Labute approximate surface area is 173 Å². The Hall–Kier alpha value is -2.55. The van der Waals surface area contributed by atoms with Gasteiger partial charge in [-0.25, -0.2) is 9.18 Å². The van der Waals surface area contributed by atoms with Crippen LogP contribution in [0.3, 0.4) is 0 Å². The highest BCUT2D eigenvalue weighted by Crippen LogP contribution is 2.23. The quantitative estimate of drug-likeness (QED) is 0.637. The fourth-order valence-electron chi connectivity index (χ4n) is 2.82. The van der Waals surface area contributed by atoms with Gasteiger partial charge in [0.2, 0.25) is 5.91 Å². The van der Waals surface area contributed by atoms with Crippen LogP contribution in [-0.4, -0.2) is 27.8 Å². The van der Waals surface area contributed by atoms with E-state index >= 15 is 0 Å². The Morgan fingerprint density at radius 2 is 1.79 bits per heavy atom. The second-order valence-electron chi connectivity index (χ2n) is 7.64. The summed E-state index contributed by atoms with van der Waals surface area (Å²) in [5.41, 5.74) is 4.88. The summed E-state index contributed by atoms with van der Waals surface area (Å²) in [5, 5.41) is 0. The third-order valence-corrected chi connectivity index (χ3v) is 5.05. The van der Waals surface area contributed by atoms with E-state index in [1.54, 1.807) is 12.1 Å². The topological polar surface area (TPSA) is 101 Å². The van der Waals surface area contributed by atoms with Crippen LogP contribution in [0.25, 0.3) is 0 Å². The minimum absolute atomic E-state index is 0.0105. The van der Waals surface area contributed by atoms with E-state index in [2.05, 4.69) is 4.98 Å². The average molecular weight is 423 g/mol. The number of carbonyl (C=O) groups is 1. The molecule has 7 nitrogen and oxygen atoms in total. The molecule has 0 aliphatic carbocycles. The number of anilines is 2. The van der Waals surface area contributed by atoms with E-state index in [0.717, 1.165) is 4.90 Å². The number of amides is 1. The lowest BCUT2D eigenvalue weighted by Crippen LogP contribution is -2.43. The molecule has 0 radical (unpaired) electrons. The molecule has 1 heterocycles. The minimum atomic E-state index is -0.687. The number of H-pyrrole nitrogens is 1. The van der Waals surface area contributed by atoms with Crippen LogP contribution in [0, 0.1) is 17.7 Å². The van der Waals surface area contributed by atoms with Gasteiger partial charge in [-0.3, -0.25) is 19.1 Å². The van der Waals surface area contributed by atoms with Crippen molar-refractivity contribution >= 4 is 29.2 Å². The van der Waals surface area contributed by atoms with E-state index < -0.39 is 11.2 Å². The van der Waals surface area contributed by atoms with Crippen molar-refractivity contribution in [2.24, 2.45) is 11.8 Å². The maximum atomic E-state index is 13.1. The van der Waals surface area contributed by atoms with E-state index in [-0.39, 0.29) is 47.4 Å². The van der Waals surface area contributed by atoms with Crippen LogP contribution in [0.4, 0.5) is 15.9 Å². The molecule has 158 valence electrons. The van der Waals surface area contributed by atoms with E-state index in [4.69, 9.17) is 5.73 Å². The highest BCUT2D eigenvalue weighted by atomic mass is 32.2. The molecule has 29 heavy (non-hydrogen) atoms. The first-order valence-corrected chi connectivity index (χ1v) is 10.4. The van der Waals surface area contributed by atoms with E-state index in [9.17, 15) is 18.8 Å². The van der Waals surface area contributed by atoms with Gasteiger partial charge in [-0.15, -0.1) is 11.8 Å². The molecule has 0 bridgehead atoms. The Kier molecular flexibility index (Phi) is 7.66. The van der Waals surface area contributed by atoms with Gasteiger partial charge in [-0.2, -0.15) is 0 Å². The third kappa shape index (κ3) is 5.96. The van der Waals surface area contributed by atoms with Crippen molar-refractivity contribution in [2.45, 2.75) is 39.1 Å². The fraction of sp³-hybridized carbons (Fsp3) is 0.450. The van der Waals surface area contributed by atoms with Crippen LogP contribution in [0.1, 0.15) is 27.7 Å². The Morgan fingerprint density at radius 3 is 2.34 bits per heavy atom. The van der Waals surface area contributed by atoms with Crippen LogP contribution in [0.15, 0.2) is 38.8 Å². The molecule has 1 amide bonds. The summed E-state index contributed by atoms with van der Waals surface area (Å²) in [5.74, 6) is -0.460. The molecule has 1 aromatic carbocycles. The smallest absolute Gasteiger partial charge is 0.330 e. The lowest BCUT2D eigenvalue weighted by Gasteiger charge is -2.26. The summed E-state index contributed by atoms with van der Waals surface area (Å²) in [7, 11) is 0. The molecule has 0 fully saturated rings. The standard InChI is InChI=1S/C20H27FN4O3S/c1-12(2)9-24(16(26)11-29-15-7-5-14(21)6-8-15)17-18(22)25(10-13(3)4)20(28)23-19(17)27/h5-8,12-13H,9-11,22H2,1-4H3,(H,23,27,28). The number of nitrogens with one attached hydrogen (secondary N) is 1. The first-order valence-electron chi connectivity index (χ1n) is 9.41. The van der Waals surface area contributed by atoms with Gasteiger partial charge in [0.15, 0.2) is 5.69 Å². The average Bonchev–Trinajstić information content (AvgIpc) is 2.63. The second-order valence-corrected chi connectivity index (χ2v) is 8.69. The number of benzene rings is 1. The molecular formula is C20H27FN4O3S. The fourth-order valence-corrected chi connectivity index (χ4v) is 3.60. The van der Waals surface area contributed by atoms with Gasteiger partial charge in [0.05, 0.1) is 5.75 Å². The molecule has 0 saturated heterocycles. The second kappa shape index (κ2) is 9.78. The Morgan fingerprint density at radius 1 is 1.17 bits per heavy atom. The molecule has 2 rings (SSSR count). The van der Waals surface area contributed by atoms with Crippen molar-refractivity contribution in [3.63, 3.8) is 0 Å². The van der Waals surface area contributed by atoms with Gasteiger partial charge >= 0.3 is 5.69 Å². The van der Waals surface area contributed by atoms with Gasteiger partial charge in [0, 0.05) is 18.0 Å². The molecule has 2 aromatic rings. The van der Waals surface area contributed by atoms with Crippen molar-refractivity contribution in [3.05, 3.63) is 50.9 Å². The Bertz CT molecular complexity index is 967. The summed E-state index contributed by atoms with van der Waals surface area (Å²) in [6.45, 7) is 8.28. The number of hydrogen-bond donors (Lipinski definition) is 2. The predicted octanol–water partition coefficient (Wildman–Crippen LogP) is 2.70. The van der Waals surface area contributed by atoms with Crippen molar-refractivity contribution < 1.29 is 9.18 Å². The molecule has 3 N–H and O–H groups in total. The maximum absolute atomic E-state index is 13.1. The van der Waals surface area contributed by atoms with Crippen molar-refractivity contribution in [1.29, 1.82) is 0 Å². The number of rotatable bonds is 8. The van der Waals surface area contributed by atoms with E-state index in [1.807, 2.05) is 27.7 Å². The molecule has 0 aliphatic rings. The summed E-state index contributed by atoms with van der Waals surface area (Å²) >= 11 is 1.24. The van der Waals surface area contributed by atoms with E-state index in [1.165, 1.54) is 33.4 Å². The Balaban J connectivity index is 2.38. The molecule has 0 unspecified atom stereocenters. The number of nitrogen functional groups attached to an aromatic ring is 1. The van der Waals surface area contributed by atoms with Crippen LogP contribution in [0.2, 0.25) is 0 Å². The number of halogens is 1.